The lowest BCUT2D eigenvalue weighted by Crippen LogP contribution is -2.50. The molecule has 1 fully saturated rings. The summed E-state index contributed by atoms with van der Waals surface area (Å²) in [7, 11) is 0. The van der Waals surface area contributed by atoms with Crippen LogP contribution < -0.4 is 5.32 Å². The van der Waals surface area contributed by atoms with Gasteiger partial charge in [-0.25, -0.2) is 4.79 Å². The van der Waals surface area contributed by atoms with Crippen LogP contribution in [0.4, 0.5) is 5.69 Å². The van der Waals surface area contributed by atoms with Crippen molar-refractivity contribution in [1.29, 1.82) is 0 Å². The number of carboxylic acids is 1. The second-order valence-corrected chi connectivity index (χ2v) is 5.47. The molecule has 1 heterocycles. The van der Waals surface area contributed by atoms with Crippen molar-refractivity contribution in [2.24, 2.45) is 5.92 Å². The molecule has 6 heteroatoms. The van der Waals surface area contributed by atoms with E-state index in [9.17, 15) is 9.59 Å². The van der Waals surface area contributed by atoms with Crippen molar-refractivity contribution in [3.8, 4) is 0 Å². The molecule has 0 aromatic heterocycles. The molecule has 1 saturated heterocycles. The van der Waals surface area contributed by atoms with E-state index in [1.807, 2.05) is 44.2 Å². The van der Waals surface area contributed by atoms with Gasteiger partial charge >= 0.3 is 5.97 Å². The van der Waals surface area contributed by atoms with Crippen LogP contribution in [0.3, 0.4) is 0 Å². The van der Waals surface area contributed by atoms with Gasteiger partial charge in [-0.1, -0.05) is 38.5 Å². The van der Waals surface area contributed by atoms with Crippen molar-refractivity contribution in [3.63, 3.8) is 0 Å². The molecule has 1 aromatic rings. The van der Waals surface area contributed by atoms with Gasteiger partial charge in [0.1, 0.15) is 6.04 Å². The third-order valence-electron chi connectivity index (χ3n) is 3.96. The molecule has 0 radical (unpaired) electrons. The van der Waals surface area contributed by atoms with Gasteiger partial charge in [-0.2, -0.15) is 0 Å². The first-order valence-corrected chi connectivity index (χ1v) is 7.51. The molecule has 1 aromatic carbocycles. The van der Waals surface area contributed by atoms with E-state index in [4.69, 9.17) is 9.84 Å². The predicted molar refractivity (Wildman–Crippen MR) is 82.4 cm³/mol. The van der Waals surface area contributed by atoms with E-state index in [1.54, 1.807) is 0 Å². The molecular formula is C16H22N2O4. The van der Waals surface area contributed by atoms with E-state index in [2.05, 4.69) is 5.32 Å². The SMILES string of the molecule is CCC(C)C(Nc1ccccc1)C(=O)N1CCOC1C(=O)O. The highest BCUT2D eigenvalue weighted by Crippen LogP contribution is 2.20. The Hall–Kier alpha value is -2.08. The quantitative estimate of drug-likeness (QED) is 0.837. The van der Waals surface area contributed by atoms with Gasteiger partial charge in [0.25, 0.3) is 0 Å². The minimum Gasteiger partial charge on any atom is -0.478 e. The molecule has 2 N–H and O–H groups in total. The van der Waals surface area contributed by atoms with Crippen LogP contribution in [0.1, 0.15) is 20.3 Å². The fraction of sp³-hybridized carbons (Fsp3) is 0.500. The molecule has 0 saturated carbocycles. The summed E-state index contributed by atoms with van der Waals surface area (Å²) in [4.78, 5) is 25.3. The summed E-state index contributed by atoms with van der Waals surface area (Å²) in [5.41, 5.74) is 0.841. The number of carbonyl (C=O) groups is 2. The smallest absolute Gasteiger partial charge is 0.354 e. The second kappa shape index (κ2) is 7.26. The number of hydrogen-bond acceptors (Lipinski definition) is 4. The maximum absolute atomic E-state index is 12.8. The molecule has 1 aliphatic heterocycles. The van der Waals surface area contributed by atoms with E-state index in [-0.39, 0.29) is 18.4 Å². The highest BCUT2D eigenvalue weighted by Gasteiger charge is 2.39. The van der Waals surface area contributed by atoms with Crippen LogP contribution in [-0.2, 0) is 14.3 Å². The van der Waals surface area contributed by atoms with Gasteiger partial charge in [0, 0.05) is 12.2 Å². The first-order chi connectivity index (χ1) is 10.5. The highest BCUT2D eigenvalue weighted by atomic mass is 16.5. The first kappa shape index (κ1) is 16.3. The molecule has 0 aliphatic carbocycles. The molecule has 0 spiro atoms. The number of aliphatic carboxylic acids is 1. The van der Waals surface area contributed by atoms with E-state index in [0.29, 0.717) is 6.54 Å². The number of para-hydroxylation sites is 1. The van der Waals surface area contributed by atoms with Crippen molar-refractivity contribution in [1.82, 2.24) is 4.90 Å². The lowest BCUT2D eigenvalue weighted by atomic mass is 9.97. The maximum Gasteiger partial charge on any atom is 0.354 e. The number of hydrogen-bond donors (Lipinski definition) is 2. The van der Waals surface area contributed by atoms with Crippen LogP contribution in [0.15, 0.2) is 30.3 Å². The summed E-state index contributed by atoms with van der Waals surface area (Å²) in [6.07, 6.45) is -0.375. The lowest BCUT2D eigenvalue weighted by Gasteiger charge is -2.30. The fourth-order valence-corrected chi connectivity index (χ4v) is 2.48. The normalized spacial score (nSPS) is 20.5. The van der Waals surface area contributed by atoms with E-state index < -0.39 is 18.2 Å². The summed E-state index contributed by atoms with van der Waals surface area (Å²) in [5.74, 6) is -1.29. The van der Waals surface area contributed by atoms with Crippen LogP contribution in [0, 0.1) is 5.92 Å². The number of ether oxygens (including phenoxy) is 1. The number of carbonyl (C=O) groups excluding carboxylic acids is 1. The zero-order valence-electron chi connectivity index (χ0n) is 12.9. The largest absolute Gasteiger partial charge is 0.478 e. The third kappa shape index (κ3) is 3.57. The number of amides is 1. The standard InChI is InChI=1S/C16H22N2O4/c1-3-11(2)13(17-12-7-5-4-6-8-12)14(19)18-9-10-22-15(18)16(20)21/h4-8,11,13,15,17H,3,9-10H2,1-2H3,(H,20,21). The number of benzene rings is 1. The fourth-order valence-electron chi connectivity index (χ4n) is 2.48. The van der Waals surface area contributed by atoms with E-state index in [0.717, 1.165) is 12.1 Å². The Morgan fingerprint density at radius 2 is 2.09 bits per heavy atom. The number of nitrogens with zero attached hydrogens (tertiary/aromatic N) is 1. The lowest BCUT2D eigenvalue weighted by molar-refractivity contribution is -0.161. The summed E-state index contributed by atoms with van der Waals surface area (Å²) in [6, 6.07) is 8.98. The minimum absolute atomic E-state index is 0.0720. The average Bonchev–Trinajstić information content (AvgIpc) is 3.02. The van der Waals surface area contributed by atoms with E-state index in [1.165, 1.54) is 4.90 Å². The molecule has 0 bridgehead atoms. The Labute approximate surface area is 130 Å². The Balaban J connectivity index is 2.18. The molecule has 2 rings (SSSR count). The summed E-state index contributed by atoms with van der Waals surface area (Å²) < 4.78 is 5.14. The molecule has 22 heavy (non-hydrogen) atoms. The molecule has 6 nitrogen and oxygen atoms in total. The topological polar surface area (TPSA) is 78.9 Å². The van der Waals surface area contributed by atoms with Crippen molar-refractivity contribution < 1.29 is 19.4 Å². The average molecular weight is 306 g/mol. The van der Waals surface area contributed by atoms with Crippen LogP contribution >= 0.6 is 0 Å². The highest BCUT2D eigenvalue weighted by molar-refractivity contribution is 5.89. The Bertz CT molecular complexity index is 520. The van der Waals surface area contributed by atoms with Crippen molar-refractivity contribution in [2.75, 3.05) is 18.5 Å². The monoisotopic (exact) mass is 306 g/mol. The zero-order chi connectivity index (χ0) is 16.1. The van der Waals surface area contributed by atoms with Gasteiger partial charge in [0.2, 0.25) is 12.1 Å². The van der Waals surface area contributed by atoms with Crippen molar-refractivity contribution in [2.45, 2.75) is 32.5 Å². The first-order valence-electron chi connectivity index (χ1n) is 7.51. The molecule has 3 atom stereocenters. The summed E-state index contributed by atoms with van der Waals surface area (Å²) >= 11 is 0. The van der Waals surface area contributed by atoms with E-state index >= 15 is 0 Å². The Morgan fingerprint density at radius 1 is 1.41 bits per heavy atom. The predicted octanol–water partition coefficient (Wildman–Crippen LogP) is 1.78. The Morgan fingerprint density at radius 3 is 2.68 bits per heavy atom. The number of rotatable bonds is 6. The molecule has 3 unspecified atom stereocenters. The minimum atomic E-state index is -1.18. The molecule has 1 amide bonds. The third-order valence-corrected chi connectivity index (χ3v) is 3.96. The van der Waals surface area contributed by atoms with Gasteiger partial charge in [-0.05, 0) is 18.1 Å². The van der Waals surface area contributed by atoms with Crippen molar-refractivity contribution in [3.05, 3.63) is 30.3 Å². The summed E-state index contributed by atoms with van der Waals surface area (Å²) in [6.45, 7) is 4.54. The molecule has 120 valence electrons. The van der Waals surface area contributed by atoms with Crippen LogP contribution in [0.25, 0.3) is 0 Å². The zero-order valence-corrected chi connectivity index (χ0v) is 12.9. The number of nitrogens with one attached hydrogen (secondary N) is 1. The van der Waals surface area contributed by atoms with Gasteiger partial charge in [-0.3, -0.25) is 4.79 Å². The van der Waals surface area contributed by atoms with Gasteiger partial charge in [0.05, 0.1) is 6.61 Å². The number of anilines is 1. The molecular weight excluding hydrogens is 284 g/mol. The van der Waals surface area contributed by atoms with Gasteiger partial charge in [-0.15, -0.1) is 0 Å². The van der Waals surface area contributed by atoms with Crippen molar-refractivity contribution >= 4 is 17.6 Å². The van der Waals surface area contributed by atoms with Crippen LogP contribution in [0.5, 0.6) is 0 Å². The summed E-state index contributed by atoms with van der Waals surface area (Å²) in [5, 5.41) is 12.4. The molecule has 1 aliphatic rings. The van der Waals surface area contributed by atoms with Gasteiger partial charge < -0.3 is 20.1 Å². The Kier molecular flexibility index (Phi) is 5.38. The van der Waals surface area contributed by atoms with Crippen LogP contribution in [0.2, 0.25) is 0 Å². The maximum atomic E-state index is 12.8. The number of carboxylic acid groups (broad SMARTS) is 1. The second-order valence-electron chi connectivity index (χ2n) is 5.47. The van der Waals surface area contributed by atoms with Gasteiger partial charge in [0.15, 0.2) is 0 Å². The van der Waals surface area contributed by atoms with Crippen LogP contribution in [-0.4, -0.2) is 47.3 Å².